The number of piperazine rings is 1. The van der Waals surface area contributed by atoms with Crippen LogP contribution in [0.5, 0.6) is 5.75 Å². The van der Waals surface area contributed by atoms with Crippen LogP contribution in [0.2, 0.25) is 0 Å². The van der Waals surface area contributed by atoms with Gasteiger partial charge < -0.3 is 30.3 Å². The monoisotopic (exact) mass is 545 g/mol. The number of likely N-dealkylation sites (tertiary alicyclic amines) is 1. The van der Waals surface area contributed by atoms with Gasteiger partial charge in [0.05, 0.1) is 12.1 Å². The summed E-state index contributed by atoms with van der Waals surface area (Å²) in [5.74, 6) is 0.788. The predicted octanol–water partition coefficient (Wildman–Crippen LogP) is 2.87. The SMILES string of the molecule is C[C@H](O)C(=O)N1CC[C@H](Oc2ccc(-c3nccc(Nc4ccc(N5CCNCC5)cc4)n3)cc2C#N)[C@H](F)C1. The Morgan fingerprint density at radius 3 is 2.67 bits per heavy atom. The fraction of sp³-hybridized carbons (Fsp3) is 0.379. The van der Waals surface area contributed by atoms with E-state index >= 15 is 0 Å². The molecule has 2 fully saturated rings. The number of ether oxygens (including phenoxy) is 1. The molecule has 10 nitrogen and oxygen atoms in total. The maximum absolute atomic E-state index is 14.8. The normalized spacial score (nSPS) is 19.9. The van der Waals surface area contributed by atoms with E-state index < -0.39 is 24.3 Å². The predicted molar refractivity (Wildman–Crippen MR) is 149 cm³/mol. The molecule has 2 aromatic carbocycles. The Labute approximate surface area is 232 Å². The molecule has 208 valence electrons. The fourth-order valence-corrected chi connectivity index (χ4v) is 4.90. The Balaban J connectivity index is 1.25. The summed E-state index contributed by atoms with van der Waals surface area (Å²) in [6.45, 7) is 5.38. The Bertz CT molecular complexity index is 1370. The molecule has 5 rings (SSSR count). The van der Waals surface area contributed by atoms with Crippen LogP contribution in [0.4, 0.5) is 21.6 Å². The number of halogens is 1. The first kappa shape index (κ1) is 27.3. The number of nitriles is 1. The molecule has 0 spiro atoms. The molecule has 0 radical (unpaired) electrons. The number of hydrogen-bond acceptors (Lipinski definition) is 9. The Morgan fingerprint density at radius 1 is 1.20 bits per heavy atom. The zero-order valence-corrected chi connectivity index (χ0v) is 22.3. The van der Waals surface area contributed by atoms with Crippen molar-refractivity contribution in [3.05, 3.63) is 60.3 Å². The van der Waals surface area contributed by atoms with Gasteiger partial charge in [-0.3, -0.25) is 4.79 Å². The highest BCUT2D eigenvalue weighted by molar-refractivity contribution is 5.80. The van der Waals surface area contributed by atoms with Crippen LogP contribution in [0.25, 0.3) is 11.4 Å². The van der Waals surface area contributed by atoms with Crippen LogP contribution in [-0.2, 0) is 4.79 Å². The second-order valence-electron chi connectivity index (χ2n) is 9.92. The molecular formula is C29H32FN7O3. The van der Waals surface area contributed by atoms with E-state index in [0.717, 1.165) is 31.9 Å². The lowest BCUT2D eigenvalue weighted by molar-refractivity contribution is -0.143. The summed E-state index contributed by atoms with van der Waals surface area (Å²) < 4.78 is 20.7. The van der Waals surface area contributed by atoms with Gasteiger partial charge in [-0.2, -0.15) is 5.26 Å². The molecule has 3 N–H and O–H groups in total. The van der Waals surface area contributed by atoms with Crippen molar-refractivity contribution in [2.24, 2.45) is 0 Å². The van der Waals surface area contributed by atoms with Gasteiger partial charge in [-0.15, -0.1) is 0 Å². The smallest absolute Gasteiger partial charge is 0.251 e. The minimum Gasteiger partial charge on any atom is -0.486 e. The quantitative estimate of drug-likeness (QED) is 0.411. The lowest BCUT2D eigenvalue weighted by Gasteiger charge is -2.35. The van der Waals surface area contributed by atoms with E-state index in [1.807, 2.05) is 12.1 Å². The van der Waals surface area contributed by atoms with Gasteiger partial charge in [0, 0.05) is 62.3 Å². The molecule has 3 aromatic rings. The number of hydrogen-bond donors (Lipinski definition) is 3. The van der Waals surface area contributed by atoms with Crippen molar-refractivity contribution in [2.45, 2.75) is 31.7 Å². The van der Waals surface area contributed by atoms with E-state index in [9.17, 15) is 19.6 Å². The van der Waals surface area contributed by atoms with E-state index in [0.29, 0.717) is 17.2 Å². The van der Waals surface area contributed by atoms with Crippen LogP contribution in [-0.4, -0.2) is 83.5 Å². The number of benzene rings is 2. The standard InChI is InChI=1S/C29H32FN7O3/c1-19(38)29(39)37-13-9-26(24(30)18-37)40-25-7-2-20(16-21(25)17-31)28-33-10-8-27(35-28)34-22-3-5-23(6-4-22)36-14-11-32-12-15-36/h2-8,10,16,19,24,26,32,38H,9,11-15,18H2,1H3,(H,33,34,35)/t19-,24+,26-/m0/s1. The maximum atomic E-state index is 14.8. The van der Waals surface area contributed by atoms with E-state index in [1.54, 1.807) is 30.5 Å². The number of aliphatic hydroxyl groups is 1. The van der Waals surface area contributed by atoms with Crippen LogP contribution in [0.3, 0.4) is 0 Å². The topological polar surface area (TPSA) is 127 Å². The number of piperidine rings is 1. The van der Waals surface area contributed by atoms with Crippen LogP contribution in [0.1, 0.15) is 18.9 Å². The summed E-state index contributed by atoms with van der Waals surface area (Å²) in [6, 6.07) is 17.1. The Hall–Kier alpha value is -4.27. The van der Waals surface area contributed by atoms with E-state index in [-0.39, 0.29) is 30.8 Å². The van der Waals surface area contributed by atoms with Crippen molar-refractivity contribution in [1.82, 2.24) is 20.2 Å². The summed E-state index contributed by atoms with van der Waals surface area (Å²) >= 11 is 0. The van der Waals surface area contributed by atoms with Gasteiger partial charge in [0.25, 0.3) is 5.91 Å². The molecule has 0 bridgehead atoms. The minimum atomic E-state index is -1.44. The van der Waals surface area contributed by atoms with Crippen LogP contribution >= 0.6 is 0 Å². The third-order valence-electron chi connectivity index (χ3n) is 7.06. The summed E-state index contributed by atoms with van der Waals surface area (Å²) in [6.07, 6.45) is -1.54. The highest BCUT2D eigenvalue weighted by Crippen LogP contribution is 2.29. The van der Waals surface area contributed by atoms with E-state index in [4.69, 9.17) is 4.74 Å². The number of nitrogens with zero attached hydrogens (tertiary/aromatic N) is 5. The number of alkyl halides is 1. The van der Waals surface area contributed by atoms with Crippen LogP contribution in [0.15, 0.2) is 54.7 Å². The second-order valence-corrected chi connectivity index (χ2v) is 9.92. The zero-order valence-electron chi connectivity index (χ0n) is 22.3. The number of rotatable bonds is 7. The summed E-state index contributed by atoms with van der Waals surface area (Å²) in [5, 5.41) is 25.9. The van der Waals surface area contributed by atoms with Gasteiger partial charge in [0.15, 0.2) is 12.0 Å². The molecule has 3 atom stereocenters. The van der Waals surface area contributed by atoms with Crippen molar-refractivity contribution in [3.8, 4) is 23.2 Å². The molecule has 2 aliphatic rings. The van der Waals surface area contributed by atoms with Gasteiger partial charge in [-0.25, -0.2) is 14.4 Å². The maximum Gasteiger partial charge on any atom is 0.251 e. The second kappa shape index (κ2) is 12.3. The van der Waals surface area contributed by atoms with Crippen LogP contribution in [0, 0.1) is 11.3 Å². The molecule has 11 heteroatoms. The molecule has 40 heavy (non-hydrogen) atoms. The summed E-state index contributed by atoms with van der Waals surface area (Å²) in [7, 11) is 0. The highest BCUT2D eigenvalue weighted by atomic mass is 19.1. The molecule has 0 saturated carbocycles. The molecule has 1 amide bonds. The van der Waals surface area contributed by atoms with Gasteiger partial charge in [0.1, 0.15) is 29.8 Å². The number of aromatic nitrogens is 2. The largest absolute Gasteiger partial charge is 0.486 e. The lowest BCUT2D eigenvalue weighted by Crippen LogP contribution is -2.51. The lowest BCUT2D eigenvalue weighted by atomic mass is 10.0. The number of carbonyl (C=O) groups is 1. The number of nitrogens with one attached hydrogen (secondary N) is 2. The first-order valence-corrected chi connectivity index (χ1v) is 13.4. The van der Waals surface area contributed by atoms with Crippen molar-refractivity contribution < 1.29 is 19.0 Å². The van der Waals surface area contributed by atoms with Crippen LogP contribution < -0.4 is 20.3 Å². The van der Waals surface area contributed by atoms with E-state index in [1.165, 1.54) is 17.5 Å². The zero-order chi connectivity index (χ0) is 28.1. The summed E-state index contributed by atoms with van der Waals surface area (Å²) in [4.78, 5) is 24.6. The third kappa shape index (κ3) is 6.30. The first-order chi connectivity index (χ1) is 19.4. The van der Waals surface area contributed by atoms with Gasteiger partial charge in [-0.1, -0.05) is 0 Å². The Morgan fingerprint density at radius 2 is 1.98 bits per heavy atom. The number of amides is 1. The molecular weight excluding hydrogens is 513 g/mol. The van der Waals surface area contributed by atoms with Crippen molar-refractivity contribution >= 4 is 23.1 Å². The van der Waals surface area contributed by atoms with Gasteiger partial charge >= 0.3 is 0 Å². The summed E-state index contributed by atoms with van der Waals surface area (Å²) in [5.41, 5.74) is 2.93. The van der Waals surface area contributed by atoms with Crippen molar-refractivity contribution in [3.63, 3.8) is 0 Å². The number of anilines is 3. The minimum absolute atomic E-state index is 0.166. The highest BCUT2D eigenvalue weighted by Gasteiger charge is 2.34. The van der Waals surface area contributed by atoms with Gasteiger partial charge in [0.2, 0.25) is 0 Å². The molecule has 1 aromatic heterocycles. The molecule has 0 aliphatic carbocycles. The number of carbonyl (C=O) groups excluding carboxylic acids is 1. The Kier molecular flexibility index (Phi) is 8.38. The molecule has 3 heterocycles. The van der Waals surface area contributed by atoms with Gasteiger partial charge in [-0.05, 0) is 55.5 Å². The average Bonchev–Trinajstić information content (AvgIpc) is 2.99. The fourth-order valence-electron chi connectivity index (χ4n) is 4.90. The molecule has 2 aliphatic heterocycles. The van der Waals surface area contributed by atoms with E-state index in [2.05, 4.69) is 43.7 Å². The third-order valence-corrected chi connectivity index (χ3v) is 7.06. The molecule has 0 unspecified atom stereocenters. The van der Waals surface area contributed by atoms with Crippen molar-refractivity contribution in [1.29, 1.82) is 5.26 Å². The average molecular weight is 546 g/mol. The van der Waals surface area contributed by atoms with Crippen molar-refractivity contribution in [2.75, 3.05) is 49.5 Å². The number of aliphatic hydroxyl groups excluding tert-OH is 1. The first-order valence-electron chi connectivity index (χ1n) is 13.4. The molecule has 2 saturated heterocycles.